The molecule has 128 valence electrons. The topological polar surface area (TPSA) is 38.7 Å². The van der Waals surface area contributed by atoms with E-state index in [0.29, 0.717) is 5.75 Å². The van der Waals surface area contributed by atoms with E-state index in [1.807, 2.05) is 6.07 Å². The summed E-state index contributed by atoms with van der Waals surface area (Å²) < 4.78 is 0. The van der Waals surface area contributed by atoms with Crippen molar-refractivity contribution in [2.45, 2.75) is 33.2 Å². The average molecular weight is 317 g/mol. The predicted octanol–water partition coefficient (Wildman–Crippen LogP) is 3.15. The van der Waals surface area contributed by atoms with Gasteiger partial charge >= 0.3 is 0 Å². The van der Waals surface area contributed by atoms with Gasteiger partial charge in [0.1, 0.15) is 5.75 Å². The van der Waals surface area contributed by atoms with Crippen LogP contribution >= 0.6 is 0 Å². The number of nitrogens with zero attached hydrogens (tertiary/aromatic N) is 2. The first kappa shape index (κ1) is 17.8. The normalized spacial score (nSPS) is 17.0. The Morgan fingerprint density at radius 1 is 1.30 bits per heavy atom. The maximum absolute atomic E-state index is 10.6. The number of anilines is 1. The summed E-state index contributed by atoms with van der Waals surface area (Å²) >= 11 is 0. The summed E-state index contributed by atoms with van der Waals surface area (Å²) in [6.45, 7) is 16.3. The summed E-state index contributed by atoms with van der Waals surface area (Å²) in [5.74, 6) is 0.402. The fourth-order valence-electron chi connectivity index (χ4n) is 3.36. The molecule has 1 aliphatic heterocycles. The molecule has 1 saturated heterocycles. The summed E-state index contributed by atoms with van der Waals surface area (Å²) in [7, 11) is 0. The number of phenols is 1. The molecule has 4 nitrogen and oxygen atoms in total. The number of hydrogen-bond acceptors (Lipinski definition) is 4. The third kappa shape index (κ3) is 4.49. The van der Waals surface area contributed by atoms with E-state index in [1.54, 1.807) is 0 Å². The Bertz CT molecular complexity index is 519. The van der Waals surface area contributed by atoms with Gasteiger partial charge in [-0.2, -0.15) is 0 Å². The minimum atomic E-state index is 0.209. The van der Waals surface area contributed by atoms with E-state index in [4.69, 9.17) is 0 Å². The molecule has 0 spiro atoms. The van der Waals surface area contributed by atoms with Gasteiger partial charge in [-0.05, 0) is 33.3 Å². The van der Waals surface area contributed by atoms with Crippen molar-refractivity contribution in [3.05, 3.63) is 35.9 Å². The molecule has 1 aromatic carbocycles. The Hall–Kier alpha value is -1.52. The molecule has 0 unspecified atom stereocenters. The maximum Gasteiger partial charge on any atom is 0.122 e. The number of benzene rings is 1. The first-order valence-electron chi connectivity index (χ1n) is 8.73. The molecule has 2 rings (SSSR count). The van der Waals surface area contributed by atoms with E-state index in [-0.39, 0.29) is 6.04 Å². The fraction of sp³-hybridized carbons (Fsp3) is 0.579. The summed E-state index contributed by atoms with van der Waals surface area (Å²) in [5, 5.41) is 14.0. The smallest absolute Gasteiger partial charge is 0.122 e. The molecule has 0 aromatic heterocycles. The van der Waals surface area contributed by atoms with Crippen LogP contribution in [0.2, 0.25) is 0 Å². The molecule has 1 heterocycles. The van der Waals surface area contributed by atoms with Crippen molar-refractivity contribution in [3.63, 3.8) is 0 Å². The highest BCUT2D eigenvalue weighted by atomic mass is 16.3. The van der Waals surface area contributed by atoms with Crippen LogP contribution in [-0.4, -0.2) is 49.3 Å². The maximum atomic E-state index is 10.6. The van der Waals surface area contributed by atoms with Gasteiger partial charge in [0.05, 0.1) is 0 Å². The highest BCUT2D eigenvalue weighted by Gasteiger charge is 2.24. The molecule has 1 fully saturated rings. The van der Waals surface area contributed by atoms with Gasteiger partial charge in [-0.25, -0.2) is 0 Å². The van der Waals surface area contributed by atoms with Crippen molar-refractivity contribution in [3.8, 4) is 5.75 Å². The van der Waals surface area contributed by atoms with Crippen LogP contribution in [0, 0.1) is 0 Å². The largest absolute Gasteiger partial charge is 0.508 e. The van der Waals surface area contributed by atoms with Crippen LogP contribution in [0.5, 0.6) is 5.75 Å². The zero-order valence-corrected chi connectivity index (χ0v) is 14.8. The minimum Gasteiger partial charge on any atom is -0.508 e. The van der Waals surface area contributed by atoms with Crippen LogP contribution in [0.3, 0.4) is 0 Å². The Balaban J connectivity index is 2.28. The molecule has 0 radical (unpaired) electrons. The molecule has 1 atom stereocenters. The minimum absolute atomic E-state index is 0.209. The SMILES string of the molecule is C=C(C)C[C@@H](c1ccc(N(CC)CC)cc1O)N1CCNCC1. The van der Waals surface area contributed by atoms with Crippen molar-refractivity contribution in [2.24, 2.45) is 0 Å². The van der Waals surface area contributed by atoms with Gasteiger partial charge in [0, 0.05) is 62.6 Å². The zero-order valence-electron chi connectivity index (χ0n) is 14.8. The van der Waals surface area contributed by atoms with Crippen LogP contribution < -0.4 is 10.2 Å². The second-order valence-electron chi connectivity index (χ2n) is 6.38. The third-order valence-electron chi connectivity index (χ3n) is 4.64. The Morgan fingerprint density at radius 2 is 1.96 bits per heavy atom. The first-order chi connectivity index (χ1) is 11.1. The number of rotatable bonds is 7. The predicted molar refractivity (Wildman–Crippen MR) is 98.3 cm³/mol. The van der Waals surface area contributed by atoms with Crippen LogP contribution in [0.1, 0.15) is 38.8 Å². The summed E-state index contributed by atoms with van der Waals surface area (Å²) in [6, 6.07) is 6.35. The third-order valence-corrected chi connectivity index (χ3v) is 4.64. The standard InChI is InChI=1S/C19H31N3O/c1-5-21(6-2)16-7-8-17(19(23)14-16)18(13-15(3)4)22-11-9-20-10-12-22/h7-8,14,18,20,23H,3,5-6,9-13H2,1-2,4H3/t18-/m0/s1. The first-order valence-corrected chi connectivity index (χ1v) is 8.73. The van der Waals surface area contributed by atoms with Crippen molar-refractivity contribution < 1.29 is 5.11 Å². The van der Waals surface area contributed by atoms with E-state index < -0.39 is 0 Å². The molecule has 0 aliphatic carbocycles. The van der Waals surface area contributed by atoms with Crippen LogP contribution in [0.4, 0.5) is 5.69 Å². The van der Waals surface area contributed by atoms with E-state index in [1.165, 1.54) is 0 Å². The highest BCUT2D eigenvalue weighted by Crippen LogP contribution is 2.35. The van der Waals surface area contributed by atoms with Gasteiger partial charge in [0.15, 0.2) is 0 Å². The monoisotopic (exact) mass is 317 g/mol. The Kier molecular flexibility index (Phi) is 6.48. The fourth-order valence-corrected chi connectivity index (χ4v) is 3.36. The number of aromatic hydroxyl groups is 1. The van der Waals surface area contributed by atoms with E-state index in [9.17, 15) is 5.11 Å². The lowest BCUT2D eigenvalue weighted by atomic mass is 9.96. The zero-order chi connectivity index (χ0) is 16.8. The van der Waals surface area contributed by atoms with Crippen molar-refractivity contribution in [2.75, 3.05) is 44.2 Å². The number of piperazine rings is 1. The quantitative estimate of drug-likeness (QED) is 0.758. The van der Waals surface area contributed by atoms with Crippen molar-refractivity contribution in [1.29, 1.82) is 0 Å². The summed E-state index contributed by atoms with van der Waals surface area (Å²) in [6.07, 6.45) is 0.887. The Labute approximate surface area is 140 Å². The van der Waals surface area contributed by atoms with Gasteiger partial charge < -0.3 is 15.3 Å². The van der Waals surface area contributed by atoms with Gasteiger partial charge in [0.25, 0.3) is 0 Å². The van der Waals surface area contributed by atoms with E-state index in [0.717, 1.165) is 62.5 Å². The summed E-state index contributed by atoms with van der Waals surface area (Å²) in [5.41, 5.74) is 3.26. The number of phenolic OH excluding ortho intramolecular Hbond substituents is 1. The van der Waals surface area contributed by atoms with Gasteiger partial charge in [-0.1, -0.05) is 11.6 Å². The van der Waals surface area contributed by atoms with Gasteiger partial charge in [-0.3, -0.25) is 4.90 Å². The molecule has 23 heavy (non-hydrogen) atoms. The molecule has 0 amide bonds. The van der Waals surface area contributed by atoms with E-state index in [2.05, 4.69) is 54.6 Å². The summed E-state index contributed by atoms with van der Waals surface area (Å²) in [4.78, 5) is 4.71. The van der Waals surface area contributed by atoms with Gasteiger partial charge in [-0.15, -0.1) is 6.58 Å². The second-order valence-corrected chi connectivity index (χ2v) is 6.38. The molecule has 0 bridgehead atoms. The molecule has 0 saturated carbocycles. The van der Waals surface area contributed by atoms with Gasteiger partial charge in [0.2, 0.25) is 0 Å². The lowest BCUT2D eigenvalue weighted by molar-refractivity contribution is 0.170. The molecule has 2 N–H and O–H groups in total. The highest BCUT2D eigenvalue weighted by molar-refractivity contribution is 5.54. The molecule has 1 aliphatic rings. The van der Waals surface area contributed by atoms with Crippen molar-refractivity contribution in [1.82, 2.24) is 10.2 Å². The van der Waals surface area contributed by atoms with Crippen LogP contribution in [-0.2, 0) is 0 Å². The molecular formula is C19H31N3O. The second kappa shape index (κ2) is 8.37. The lowest BCUT2D eigenvalue weighted by Crippen LogP contribution is -2.45. The number of nitrogens with one attached hydrogen (secondary N) is 1. The van der Waals surface area contributed by atoms with Crippen LogP contribution in [0.15, 0.2) is 30.4 Å². The molecule has 4 heteroatoms. The average Bonchev–Trinajstić information content (AvgIpc) is 2.55. The van der Waals surface area contributed by atoms with Crippen molar-refractivity contribution >= 4 is 5.69 Å². The molecular weight excluding hydrogens is 286 g/mol. The van der Waals surface area contributed by atoms with E-state index >= 15 is 0 Å². The van der Waals surface area contributed by atoms with Crippen LogP contribution in [0.25, 0.3) is 0 Å². The lowest BCUT2D eigenvalue weighted by Gasteiger charge is -2.36. The Morgan fingerprint density at radius 3 is 2.48 bits per heavy atom. The number of hydrogen-bond donors (Lipinski definition) is 2. The molecule has 1 aromatic rings.